The first-order valence-electron chi connectivity index (χ1n) is 11.2. The molecule has 0 N–H and O–H groups in total. The Hall–Kier alpha value is -3.85. The molecule has 3 heterocycles. The molecule has 7 rings (SSSR count). The average molecular weight is 629 g/mol. The second-order valence-electron chi connectivity index (χ2n) is 8.06. The predicted octanol–water partition coefficient (Wildman–Crippen LogP) is 7.29. The van der Waals surface area contributed by atoms with Gasteiger partial charge in [-0.15, -0.1) is 53.6 Å². The number of benzene rings is 4. The minimum atomic E-state index is 0. The van der Waals surface area contributed by atoms with E-state index >= 15 is 0 Å². The summed E-state index contributed by atoms with van der Waals surface area (Å²) < 4.78 is 5.78. The number of hydrogen-bond acceptors (Lipinski definition) is 3. The standard InChI is InChI=1S/C16H10NO.C15H10N.Ir/c1-2-5-12-11(4-1)7-8-13-14(12)10-18-15-6-3-9-17-16(13)15;1-2-6-12(7-3-1)15-10-13-8-4-5-9-14(13)11-16-15;/h1-7,9H,10H2;1-6,8-11H;/q2*-1;. The molecule has 3 nitrogen and oxygen atoms in total. The molecule has 0 aliphatic carbocycles. The molecule has 0 spiro atoms. The van der Waals surface area contributed by atoms with Crippen LogP contribution in [0.4, 0.5) is 0 Å². The van der Waals surface area contributed by atoms with Gasteiger partial charge < -0.3 is 14.7 Å². The first kappa shape index (κ1) is 22.9. The molecular weight excluding hydrogens is 609 g/mol. The van der Waals surface area contributed by atoms with Crippen molar-refractivity contribution in [2.45, 2.75) is 6.61 Å². The van der Waals surface area contributed by atoms with Crippen LogP contribution >= 0.6 is 0 Å². The van der Waals surface area contributed by atoms with E-state index in [1.54, 1.807) is 6.20 Å². The third-order valence-electron chi connectivity index (χ3n) is 5.96. The Kier molecular flexibility index (Phi) is 6.67. The normalized spacial score (nSPS) is 11.3. The summed E-state index contributed by atoms with van der Waals surface area (Å²) >= 11 is 0. The minimum absolute atomic E-state index is 0. The number of ether oxygens (including phenoxy) is 1. The summed E-state index contributed by atoms with van der Waals surface area (Å²) in [5.74, 6) is 0.844. The van der Waals surface area contributed by atoms with Crippen molar-refractivity contribution in [1.82, 2.24) is 9.97 Å². The first-order chi connectivity index (χ1) is 16.9. The first-order valence-corrected chi connectivity index (χ1v) is 11.2. The molecule has 1 aliphatic heterocycles. The van der Waals surface area contributed by atoms with Crippen molar-refractivity contribution in [3.05, 3.63) is 127 Å². The third-order valence-corrected chi connectivity index (χ3v) is 5.96. The maximum atomic E-state index is 5.78. The van der Waals surface area contributed by atoms with Crippen LogP contribution in [0.15, 0.2) is 109 Å². The van der Waals surface area contributed by atoms with Gasteiger partial charge >= 0.3 is 0 Å². The zero-order valence-corrected chi connectivity index (χ0v) is 21.1. The van der Waals surface area contributed by atoms with Crippen LogP contribution in [-0.2, 0) is 26.7 Å². The van der Waals surface area contributed by atoms with Crippen molar-refractivity contribution in [1.29, 1.82) is 0 Å². The summed E-state index contributed by atoms with van der Waals surface area (Å²) in [5.41, 5.74) is 5.15. The minimum Gasteiger partial charge on any atom is -0.506 e. The van der Waals surface area contributed by atoms with Crippen LogP contribution in [0, 0.1) is 12.1 Å². The van der Waals surface area contributed by atoms with E-state index in [0.717, 1.165) is 28.3 Å². The molecule has 0 fully saturated rings. The fraction of sp³-hybridized carbons (Fsp3) is 0.0323. The van der Waals surface area contributed by atoms with Crippen molar-refractivity contribution in [3.8, 4) is 28.3 Å². The van der Waals surface area contributed by atoms with Gasteiger partial charge in [0.25, 0.3) is 0 Å². The molecule has 6 aromatic rings. The van der Waals surface area contributed by atoms with Gasteiger partial charge in [0.2, 0.25) is 0 Å². The Morgan fingerprint density at radius 1 is 0.743 bits per heavy atom. The van der Waals surface area contributed by atoms with E-state index in [9.17, 15) is 0 Å². The Morgan fingerprint density at radius 2 is 1.54 bits per heavy atom. The Labute approximate surface area is 217 Å². The van der Waals surface area contributed by atoms with Gasteiger partial charge in [0, 0.05) is 38.2 Å². The van der Waals surface area contributed by atoms with Crippen LogP contribution in [0.1, 0.15) is 5.56 Å². The Morgan fingerprint density at radius 3 is 2.40 bits per heavy atom. The third kappa shape index (κ3) is 4.59. The van der Waals surface area contributed by atoms with Crippen LogP contribution in [-0.4, -0.2) is 9.97 Å². The molecule has 0 atom stereocenters. The predicted molar refractivity (Wildman–Crippen MR) is 136 cm³/mol. The molecular formula is C31H20IrN2O-2. The van der Waals surface area contributed by atoms with Gasteiger partial charge in [-0.3, -0.25) is 0 Å². The van der Waals surface area contributed by atoms with Crippen molar-refractivity contribution in [2.75, 3.05) is 0 Å². The number of fused-ring (bicyclic) bond motifs is 6. The molecule has 2 aromatic heterocycles. The van der Waals surface area contributed by atoms with E-state index in [4.69, 9.17) is 4.74 Å². The monoisotopic (exact) mass is 629 g/mol. The molecule has 0 unspecified atom stereocenters. The maximum absolute atomic E-state index is 5.78. The fourth-order valence-corrected chi connectivity index (χ4v) is 4.26. The van der Waals surface area contributed by atoms with E-state index in [1.165, 1.54) is 27.1 Å². The van der Waals surface area contributed by atoms with Gasteiger partial charge in [0.05, 0.1) is 6.61 Å². The molecule has 0 saturated carbocycles. The quantitative estimate of drug-likeness (QED) is 0.180. The zero-order chi connectivity index (χ0) is 22.7. The van der Waals surface area contributed by atoms with Gasteiger partial charge in [-0.25, -0.2) is 0 Å². The molecule has 35 heavy (non-hydrogen) atoms. The van der Waals surface area contributed by atoms with Crippen LogP contribution < -0.4 is 4.74 Å². The Bertz CT molecular complexity index is 1620. The fourth-order valence-electron chi connectivity index (χ4n) is 4.26. The molecule has 0 bridgehead atoms. The van der Waals surface area contributed by atoms with E-state index in [2.05, 4.69) is 58.5 Å². The van der Waals surface area contributed by atoms with Crippen molar-refractivity contribution >= 4 is 21.5 Å². The smallest absolute Gasteiger partial charge is 0.103 e. The number of pyridine rings is 2. The summed E-state index contributed by atoms with van der Waals surface area (Å²) in [6, 6.07) is 39.0. The van der Waals surface area contributed by atoms with E-state index in [-0.39, 0.29) is 20.1 Å². The summed E-state index contributed by atoms with van der Waals surface area (Å²) in [6.07, 6.45) is 3.70. The van der Waals surface area contributed by atoms with Gasteiger partial charge in [-0.1, -0.05) is 70.9 Å². The van der Waals surface area contributed by atoms with Gasteiger partial charge in [0.1, 0.15) is 5.75 Å². The number of aromatic nitrogens is 2. The van der Waals surface area contributed by atoms with Gasteiger partial charge in [-0.05, 0) is 28.6 Å². The molecule has 4 aromatic carbocycles. The van der Waals surface area contributed by atoms with Crippen molar-refractivity contribution < 1.29 is 24.8 Å². The largest absolute Gasteiger partial charge is 0.506 e. The van der Waals surface area contributed by atoms with Crippen molar-refractivity contribution in [3.63, 3.8) is 0 Å². The zero-order valence-electron chi connectivity index (χ0n) is 18.7. The van der Waals surface area contributed by atoms with Crippen LogP contribution in [0.3, 0.4) is 0 Å². The molecule has 0 amide bonds. The van der Waals surface area contributed by atoms with Crippen molar-refractivity contribution in [2.24, 2.45) is 0 Å². The summed E-state index contributed by atoms with van der Waals surface area (Å²) in [5, 5.41) is 4.80. The van der Waals surface area contributed by atoms with Gasteiger partial charge in [0.15, 0.2) is 0 Å². The van der Waals surface area contributed by atoms with E-state index < -0.39 is 0 Å². The number of hydrogen-bond donors (Lipinski definition) is 0. The van der Waals surface area contributed by atoms with Gasteiger partial charge in [-0.2, -0.15) is 0 Å². The van der Waals surface area contributed by atoms with Crippen LogP contribution in [0.5, 0.6) is 5.75 Å². The summed E-state index contributed by atoms with van der Waals surface area (Å²) in [7, 11) is 0. The van der Waals surface area contributed by atoms with Crippen LogP contribution in [0.25, 0.3) is 44.1 Å². The van der Waals surface area contributed by atoms with Crippen LogP contribution in [0.2, 0.25) is 0 Å². The molecule has 4 heteroatoms. The number of nitrogens with zero attached hydrogens (tertiary/aromatic N) is 2. The second kappa shape index (κ2) is 10.2. The number of rotatable bonds is 1. The SMILES string of the molecule is [Ir].[c-]1cc2ccccc2c2c1-c1ncccc1OC2.[c-]1ccccc1-c1cc2ccccc2cn1. The Balaban J connectivity index is 0.000000142. The summed E-state index contributed by atoms with van der Waals surface area (Å²) in [6.45, 7) is 0.589. The summed E-state index contributed by atoms with van der Waals surface area (Å²) in [4.78, 5) is 8.86. The molecule has 0 saturated heterocycles. The second-order valence-corrected chi connectivity index (χ2v) is 8.06. The topological polar surface area (TPSA) is 35.0 Å². The molecule has 1 aliphatic rings. The van der Waals surface area contributed by atoms with E-state index in [0.29, 0.717) is 6.61 Å². The average Bonchev–Trinajstić information content (AvgIpc) is 2.93. The van der Waals surface area contributed by atoms with E-state index in [1.807, 2.05) is 66.9 Å². The molecule has 171 valence electrons. The molecule has 1 radical (unpaired) electrons. The maximum Gasteiger partial charge on any atom is 0.103 e.